The Bertz CT molecular complexity index is 3590. The van der Waals surface area contributed by atoms with Crippen LogP contribution in [0.3, 0.4) is 0 Å². The predicted molar refractivity (Wildman–Crippen MR) is 407 cm³/mol. The van der Waals surface area contributed by atoms with Crippen LogP contribution in [0, 0.1) is 23.7 Å². The minimum Gasteiger partial charge on any atom is -0.481 e. The van der Waals surface area contributed by atoms with E-state index in [0.717, 1.165) is 38.9 Å². The van der Waals surface area contributed by atoms with Crippen LogP contribution < -0.4 is 32.7 Å². The first kappa shape index (κ1) is 97.1. The van der Waals surface area contributed by atoms with Crippen LogP contribution in [0.15, 0.2) is 212 Å². The molecule has 7 aromatic carbocycles. The normalized spacial score (nSPS) is 11.6. The van der Waals surface area contributed by atoms with Gasteiger partial charge in [-0.25, -0.2) is 0 Å². The van der Waals surface area contributed by atoms with E-state index in [1.807, 2.05) is 200 Å². The number of rotatable bonds is 37. The van der Waals surface area contributed by atoms with Crippen LogP contribution >= 0.6 is 0 Å². The summed E-state index contributed by atoms with van der Waals surface area (Å²) in [5.41, 5.74) is 17.0. The highest BCUT2D eigenvalue weighted by molar-refractivity contribution is 5.86. The lowest BCUT2D eigenvalue weighted by Crippen LogP contribution is -2.43. The number of amides is 4. The Morgan fingerprint density at radius 1 is 0.324 bits per heavy atom. The number of aliphatic carboxylic acids is 2. The maximum absolute atomic E-state index is 12.3. The summed E-state index contributed by atoms with van der Waals surface area (Å²) in [6.07, 6.45) is -0.265. The van der Waals surface area contributed by atoms with E-state index in [0.29, 0.717) is 26.2 Å². The fourth-order valence-corrected chi connectivity index (χ4v) is 8.71. The second-order valence-corrected chi connectivity index (χ2v) is 23.4. The number of ketones is 1. The van der Waals surface area contributed by atoms with E-state index >= 15 is 0 Å². The number of carboxylic acid groups (broad SMARTS) is 2. The van der Waals surface area contributed by atoms with Gasteiger partial charge in [-0.15, -0.1) is 0 Å². The van der Waals surface area contributed by atoms with Gasteiger partial charge < -0.3 is 91.5 Å². The van der Waals surface area contributed by atoms with Crippen molar-refractivity contribution in [3.63, 3.8) is 0 Å². The number of carboxylic acids is 2. The predicted octanol–water partition coefficient (Wildman–Crippen LogP) is 7.04. The molecule has 108 heavy (non-hydrogen) atoms. The number of hydrogen-bond acceptors (Lipinski definition) is 21. The van der Waals surface area contributed by atoms with E-state index in [-0.39, 0.29) is 110 Å². The van der Waals surface area contributed by atoms with Gasteiger partial charge in [-0.2, -0.15) is 0 Å². The third-order valence-electron chi connectivity index (χ3n) is 14.6. The molecule has 588 valence electrons. The van der Waals surface area contributed by atoms with Gasteiger partial charge in [0.25, 0.3) is 0 Å². The Morgan fingerprint density at radius 2 is 0.574 bits per heavy atom. The standard InChI is InChI=1S/C20H23NO4.C19H21NO4.C14H19NO3.C12H14O5.C11H16N2O2.C3H7NO3.2CH4/c1-24-15-18(20(23)21-13-16-8-4-2-5-9-16)12-19(22)25-14-17-10-6-3-7-11-17;21-13-17(19(23)20-12-15-7-3-1-4-8-15)11-18(22)24-14-16-9-5-2-6-10-16;1-11(16)8-13(10-18-2)14(17)15-9-12-6-4-3-5-7-12;13-7-10(12(15)16)6-11(14)17-8-9-4-2-1-3-5-9;1-15-8-10(12)11(14)13-7-9-5-3-2-4-6-9;4-2(1-5)3(6)7;;/h2-11,18H,12-15H2,1H3,(H,21,23);1-10,17,21H,11-14H2,(H,20,23);3-7,13H,8-10H2,1-2H3,(H,15,17);1-5,10,13H,6-8H2,(H,15,16);2-6,10H,7-8,12H2,1H3,(H,13,14);2,5H,1,4H2,(H,6,7);2*1H4/t18-;17-;13-;2*10-;2-;;/m111111../s1. The molecule has 7 aromatic rings. The summed E-state index contributed by atoms with van der Waals surface area (Å²) in [6, 6.07) is 64.4. The molecule has 0 heterocycles. The smallest absolute Gasteiger partial charge is 0.322 e. The van der Waals surface area contributed by atoms with Crippen molar-refractivity contribution >= 4 is 59.3 Å². The summed E-state index contributed by atoms with van der Waals surface area (Å²) in [7, 11) is 4.55. The van der Waals surface area contributed by atoms with Crippen molar-refractivity contribution in [1.82, 2.24) is 21.3 Å². The molecule has 0 aliphatic heterocycles. The number of esters is 3. The first-order valence-corrected chi connectivity index (χ1v) is 33.7. The van der Waals surface area contributed by atoms with Crippen molar-refractivity contribution in [3.05, 3.63) is 251 Å². The molecule has 0 fully saturated rings. The lowest BCUT2D eigenvalue weighted by Gasteiger charge is -2.15. The number of carbonyl (C=O) groups excluding carboxylic acids is 8. The molecule has 7 rings (SSSR count). The van der Waals surface area contributed by atoms with E-state index in [4.69, 9.17) is 60.3 Å². The summed E-state index contributed by atoms with van der Waals surface area (Å²) >= 11 is 0. The maximum Gasteiger partial charge on any atom is 0.322 e. The lowest BCUT2D eigenvalue weighted by molar-refractivity contribution is -0.153. The zero-order chi connectivity index (χ0) is 78.1. The third kappa shape index (κ3) is 46.2. The minimum absolute atomic E-state index is 0. The summed E-state index contributed by atoms with van der Waals surface area (Å²) in [4.78, 5) is 114. The number of methoxy groups -OCH3 is 3. The SMILES string of the molecule is C.C.COC[C@@H](CC(=O)OCc1ccccc1)C(=O)NCc1ccccc1.COC[C@@H](CC(C)=O)C(=O)NCc1ccccc1.COC[C@@H](N)C(=O)NCc1ccccc1.N[C@H](CO)C(=O)O.O=C(C[C@H](CO)C(=O)NCc1ccccc1)OCc1ccccc1.O=C(C[C@H](CO)C(=O)O)OCc1ccccc1. The molecular formula is C81H108N6O21. The number of Topliss-reactive ketones (excluding diaryl/α,β-unsaturated/α-hetero) is 1. The van der Waals surface area contributed by atoms with Crippen LogP contribution in [0.25, 0.3) is 0 Å². The topological polar surface area (TPSA) is 427 Å². The molecule has 0 unspecified atom stereocenters. The van der Waals surface area contributed by atoms with Gasteiger partial charge in [-0.05, 0) is 45.9 Å². The Balaban J connectivity index is 0.00000130. The van der Waals surface area contributed by atoms with Crippen LogP contribution in [-0.2, 0) is 122 Å². The molecule has 6 atom stereocenters. The van der Waals surface area contributed by atoms with Gasteiger partial charge in [-0.3, -0.25) is 43.2 Å². The second kappa shape index (κ2) is 60.3. The maximum atomic E-state index is 12.3. The molecule has 0 radical (unpaired) electrons. The molecule has 0 aliphatic rings. The van der Waals surface area contributed by atoms with Gasteiger partial charge >= 0.3 is 29.8 Å². The Morgan fingerprint density at radius 3 is 0.815 bits per heavy atom. The number of hydrogen-bond donors (Lipinski definition) is 11. The summed E-state index contributed by atoms with van der Waals surface area (Å²) in [6.45, 7) is 2.87. The van der Waals surface area contributed by atoms with Crippen molar-refractivity contribution in [2.24, 2.45) is 35.1 Å². The van der Waals surface area contributed by atoms with E-state index in [1.165, 1.54) is 28.3 Å². The van der Waals surface area contributed by atoms with Crippen molar-refractivity contribution in [2.45, 2.75) is 106 Å². The molecular weight excluding hydrogens is 1390 g/mol. The van der Waals surface area contributed by atoms with Crippen molar-refractivity contribution < 1.29 is 102 Å². The summed E-state index contributed by atoms with van der Waals surface area (Å²) in [5, 5.41) is 53.8. The molecule has 13 N–H and O–H groups in total. The highest BCUT2D eigenvalue weighted by Crippen LogP contribution is 2.13. The minimum atomic E-state index is -1.20. The third-order valence-corrected chi connectivity index (χ3v) is 14.6. The molecule has 27 heteroatoms. The van der Waals surface area contributed by atoms with E-state index in [1.54, 1.807) is 12.1 Å². The highest BCUT2D eigenvalue weighted by Gasteiger charge is 2.25. The van der Waals surface area contributed by atoms with Crippen LogP contribution in [0.1, 0.15) is 86.4 Å². The van der Waals surface area contributed by atoms with Gasteiger partial charge in [0.2, 0.25) is 23.6 Å². The molecule has 0 bridgehead atoms. The number of aliphatic hydroxyl groups excluding tert-OH is 3. The Labute approximate surface area is 632 Å². The first-order valence-electron chi connectivity index (χ1n) is 33.7. The van der Waals surface area contributed by atoms with Gasteiger partial charge in [0.15, 0.2) is 0 Å². The zero-order valence-corrected chi connectivity index (χ0v) is 60.1. The summed E-state index contributed by atoms with van der Waals surface area (Å²) in [5.74, 6) is -7.75. The lowest BCUT2D eigenvalue weighted by atomic mass is 10.0. The van der Waals surface area contributed by atoms with Crippen LogP contribution in [-0.4, -0.2) is 158 Å². The van der Waals surface area contributed by atoms with Crippen molar-refractivity contribution in [3.8, 4) is 0 Å². The van der Waals surface area contributed by atoms with E-state index in [2.05, 4.69) is 21.3 Å². The van der Waals surface area contributed by atoms with Gasteiger partial charge in [-0.1, -0.05) is 227 Å². The van der Waals surface area contributed by atoms with E-state index < -0.39 is 85.4 Å². The first-order chi connectivity index (χ1) is 51.0. The Hall–Kier alpha value is -10.9. The van der Waals surface area contributed by atoms with Crippen LogP contribution in [0.2, 0.25) is 0 Å². The number of aliphatic hydroxyl groups is 3. The number of nitrogens with two attached hydrogens (primary N) is 2. The average molecular weight is 1500 g/mol. The molecule has 27 nitrogen and oxygen atoms in total. The van der Waals surface area contributed by atoms with Crippen LogP contribution in [0.4, 0.5) is 0 Å². The van der Waals surface area contributed by atoms with Gasteiger partial charge in [0, 0.05) is 53.9 Å². The molecule has 0 aliphatic carbocycles. The number of nitrogens with one attached hydrogen (secondary N) is 4. The summed E-state index contributed by atoms with van der Waals surface area (Å²) < 4.78 is 30.1. The number of carbonyl (C=O) groups is 10. The number of benzene rings is 7. The molecule has 0 aromatic heterocycles. The average Bonchev–Trinajstić information content (AvgIpc) is 0.925. The molecule has 4 amide bonds. The number of ether oxygens (including phenoxy) is 6. The molecule has 0 spiro atoms. The van der Waals surface area contributed by atoms with Gasteiger partial charge in [0.1, 0.15) is 37.7 Å². The van der Waals surface area contributed by atoms with Crippen LogP contribution in [0.5, 0.6) is 0 Å². The molecule has 0 saturated carbocycles. The fraction of sp³-hybridized carbons (Fsp3) is 0.358. The van der Waals surface area contributed by atoms with Gasteiger partial charge in [0.05, 0.1) is 82.6 Å². The zero-order valence-electron chi connectivity index (χ0n) is 60.1. The highest BCUT2D eigenvalue weighted by atomic mass is 16.5. The molecule has 0 saturated heterocycles. The fourth-order valence-electron chi connectivity index (χ4n) is 8.71. The Kier molecular flexibility index (Phi) is 54.2. The quantitative estimate of drug-likeness (QED) is 0.0137. The largest absolute Gasteiger partial charge is 0.481 e. The monoisotopic (exact) mass is 1500 g/mol. The van der Waals surface area contributed by atoms with Crippen molar-refractivity contribution in [1.29, 1.82) is 0 Å². The van der Waals surface area contributed by atoms with Crippen molar-refractivity contribution in [2.75, 3.05) is 61.0 Å². The van der Waals surface area contributed by atoms with E-state index in [9.17, 15) is 53.1 Å². The second-order valence-electron chi connectivity index (χ2n) is 23.4.